The Morgan fingerprint density at radius 3 is 2.79 bits per heavy atom. The van der Waals surface area contributed by atoms with E-state index in [0.717, 1.165) is 19.6 Å². The molecule has 1 aromatic rings. The van der Waals surface area contributed by atoms with Gasteiger partial charge >= 0.3 is 5.97 Å². The number of carboxylic acid groups (broad SMARTS) is 1. The molecule has 1 aliphatic heterocycles. The van der Waals surface area contributed by atoms with Gasteiger partial charge in [0.25, 0.3) is 0 Å². The lowest BCUT2D eigenvalue weighted by Gasteiger charge is -2.26. The maximum atomic E-state index is 10.9. The monoisotopic (exact) mass is 284 g/mol. The summed E-state index contributed by atoms with van der Waals surface area (Å²) in [6.45, 7) is 3.53. The first kappa shape index (κ1) is 14.1. The molecule has 6 heteroatoms. The Morgan fingerprint density at radius 2 is 2.11 bits per heavy atom. The minimum Gasteiger partial charge on any atom is -0.478 e. The van der Waals surface area contributed by atoms with Gasteiger partial charge in [0, 0.05) is 12.6 Å². The summed E-state index contributed by atoms with van der Waals surface area (Å²) in [5.74, 6) is -0.771. The molecule has 2 rings (SSSR count). The Morgan fingerprint density at radius 1 is 1.37 bits per heavy atom. The lowest BCUT2D eigenvalue weighted by molar-refractivity contribution is 0.0696. The lowest BCUT2D eigenvalue weighted by atomic mass is 10.1. The zero-order valence-corrected chi connectivity index (χ0v) is 11.4. The van der Waals surface area contributed by atoms with Gasteiger partial charge in [0.1, 0.15) is 11.8 Å². The first-order valence-electron chi connectivity index (χ1n) is 6.41. The van der Waals surface area contributed by atoms with E-state index in [0.29, 0.717) is 6.61 Å². The summed E-state index contributed by atoms with van der Waals surface area (Å²) in [5.41, 5.74) is 0.0907. The number of aromatic carboxylic acids is 1. The smallest absolute Gasteiger partial charge is 0.335 e. The van der Waals surface area contributed by atoms with E-state index in [9.17, 15) is 4.79 Å². The minimum absolute atomic E-state index is 0.0907. The average molecular weight is 285 g/mol. The summed E-state index contributed by atoms with van der Waals surface area (Å²) < 4.78 is 5.48. The number of likely N-dealkylation sites (tertiary alicyclic amines) is 1. The van der Waals surface area contributed by atoms with E-state index >= 15 is 0 Å². The summed E-state index contributed by atoms with van der Waals surface area (Å²) in [4.78, 5) is 17.2. The second-order valence-corrected chi connectivity index (χ2v) is 4.96. The number of hydrogen-bond acceptors (Lipinski definition) is 4. The molecule has 5 nitrogen and oxygen atoms in total. The van der Waals surface area contributed by atoms with Crippen molar-refractivity contribution < 1.29 is 14.6 Å². The summed E-state index contributed by atoms with van der Waals surface area (Å²) in [6.07, 6.45) is 3.77. The molecule has 1 aliphatic rings. The Balaban J connectivity index is 1.86. The van der Waals surface area contributed by atoms with E-state index in [-0.39, 0.29) is 16.6 Å². The van der Waals surface area contributed by atoms with Gasteiger partial charge in [0.2, 0.25) is 5.88 Å². The van der Waals surface area contributed by atoms with Crippen LogP contribution in [-0.4, -0.2) is 47.2 Å². The predicted octanol–water partition coefficient (Wildman–Crippen LogP) is 2.30. The first-order chi connectivity index (χ1) is 9.15. The first-order valence-corrected chi connectivity index (χ1v) is 6.79. The van der Waals surface area contributed by atoms with Crippen LogP contribution in [0.25, 0.3) is 0 Å². The maximum Gasteiger partial charge on any atom is 0.335 e. The molecule has 0 aromatic carbocycles. The van der Waals surface area contributed by atoms with E-state index in [1.54, 1.807) is 0 Å². The molecular weight excluding hydrogens is 268 g/mol. The van der Waals surface area contributed by atoms with E-state index in [1.807, 2.05) is 0 Å². The van der Waals surface area contributed by atoms with E-state index in [1.165, 1.54) is 31.4 Å². The number of nitrogens with zero attached hydrogens (tertiary/aromatic N) is 2. The minimum atomic E-state index is -1.04. The van der Waals surface area contributed by atoms with Crippen molar-refractivity contribution in [3.05, 3.63) is 22.8 Å². The zero-order chi connectivity index (χ0) is 13.7. The van der Waals surface area contributed by atoms with Crippen molar-refractivity contribution in [2.24, 2.45) is 0 Å². The Labute approximate surface area is 117 Å². The number of carbonyl (C=O) groups is 1. The van der Waals surface area contributed by atoms with Gasteiger partial charge in [-0.25, -0.2) is 9.78 Å². The highest BCUT2D eigenvalue weighted by Gasteiger charge is 2.11. The topological polar surface area (TPSA) is 62.7 Å². The van der Waals surface area contributed by atoms with Crippen LogP contribution in [-0.2, 0) is 0 Å². The van der Waals surface area contributed by atoms with Crippen LogP contribution in [0.5, 0.6) is 5.88 Å². The molecule has 1 saturated heterocycles. The van der Waals surface area contributed by atoms with Gasteiger partial charge < -0.3 is 9.84 Å². The fourth-order valence-electron chi connectivity index (χ4n) is 2.13. The molecule has 0 atom stereocenters. The Hall–Kier alpha value is -1.33. The fraction of sp³-hybridized carbons (Fsp3) is 0.538. The highest BCUT2D eigenvalue weighted by Crippen LogP contribution is 2.16. The van der Waals surface area contributed by atoms with E-state index < -0.39 is 5.97 Å². The van der Waals surface area contributed by atoms with Crippen LogP contribution in [0, 0.1) is 0 Å². The van der Waals surface area contributed by atoms with Crippen molar-refractivity contribution in [3.63, 3.8) is 0 Å². The largest absolute Gasteiger partial charge is 0.478 e. The molecule has 0 bridgehead atoms. The zero-order valence-electron chi connectivity index (χ0n) is 10.6. The van der Waals surface area contributed by atoms with Gasteiger partial charge in [-0.15, -0.1) is 0 Å². The van der Waals surface area contributed by atoms with Crippen LogP contribution in [0.2, 0.25) is 5.15 Å². The molecule has 1 N–H and O–H groups in total. The summed E-state index contributed by atoms with van der Waals surface area (Å²) in [6, 6.07) is 2.70. The van der Waals surface area contributed by atoms with Crippen LogP contribution in [0.3, 0.4) is 0 Å². The van der Waals surface area contributed by atoms with Gasteiger partial charge in [-0.2, -0.15) is 0 Å². The molecule has 1 fully saturated rings. The van der Waals surface area contributed by atoms with Crippen LogP contribution in [0.1, 0.15) is 29.6 Å². The van der Waals surface area contributed by atoms with Crippen molar-refractivity contribution in [1.29, 1.82) is 0 Å². The Kier molecular flexibility index (Phi) is 4.99. The number of hydrogen-bond donors (Lipinski definition) is 1. The maximum absolute atomic E-state index is 10.9. The van der Waals surface area contributed by atoms with Crippen molar-refractivity contribution in [2.75, 3.05) is 26.2 Å². The van der Waals surface area contributed by atoms with Crippen molar-refractivity contribution in [3.8, 4) is 5.88 Å². The number of pyridine rings is 1. The molecule has 0 amide bonds. The molecule has 2 heterocycles. The SMILES string of the molecule is O=C(O)c1cc(Cl)nc(OCCN2CCCCC2)c1. The van der Waals surface area contributed by atoms with Crippen LogP contribution >= 0.6 is 11.6 Å². The highest BCUT2D eigenvalue weighted by molar-refractivity contribution is 6.29. The Bertz CT molecular complexity index is 448. The molecule has 0 spiro atoms. The van der Waals surface area contributed by atoms with Gasteiger partial charge in [-0.05, 0) is 32.0 Å². The van der Waals surface area contributed by atoms with Gasteiger partial charge in [0.05, 0.1) is 5.56 Å². The number of halogens is 1. The molecular formula is C13H17ClN2O3. The molecule has 0 unspecified atom stereocenters. The predicted molar refractivity (Wildman–Crippen MR) is 72.0 cm³/mol. The average Bonchev–Trinajstić information content (AvgIpc) is 2.39. The second kappa shape index (κ2) is 6.73. The standard InChI is InChI=1S/C13H17ClN2O3/c14-11-8-10(13(17)18)9-12(15-11)19-7-6-16-4-2-1-3-5-16/h8-9H,1-7H2,(H,17,18). The molecule has 104 valence electrons. The number of rotatable bonds is 5. The van der Waals surface area contributed by atoms with Crippen molar-refractivity contribution in [2.45, 2.75) is 19.3 Å². The highest BCUT2D eigenvalue weighted by atomic mass is 35.5. The third kappa shape index (κ3) is 4.36. The number of ether oxygens (including phenoxy) is 1. The molecule has 0 aliphatic carbocycles. The molecule has 0 saturated carbocycles. The molecule has 0 radical (unpaired) electrons. The van der Waals surface area contributed by atoms with Gasteiger partial charge in [-0.3, -0.25) is 4.90 Å². The van der Waals surface area contributed by atoms with Gasteiger partial charge in [-0.1, -0.05) is 18.0 Å². The molecule has 19 heavy (non-hydrogen) atoms. The van der Waals surface area contributed by atoms with Crippen LogP contribution in [0.15, 0.2) is 12.1 Å². The second-order valence-electron chi connectivity index (χ2n) is 4.57. The summed E-state index contributed by atoms with van der Waals surface area (Å²) >= 11 is 5.76. The number of piperidine rings is 1. The third-order valence-electron chi connectivity index (χ3n) is 3.12. The van der Waals surface area contributed by atoms with Crippen molar-refractivity contribution >= 4 is 17.6 Å². The summed E-state index contributed by atoms with van der Waals surface area (Å²) in [5, 5.41) is 9.05. The quantitative estimate of drug-likeness (QED) is 0.841. The number of aromatic nitrogens is 1. The normalized spacial score (nSPS) is 16.3. The van der Waals surface area contributed by atoms with E-state index in [4.69, 9.17) is 21.4 Å². The summed E-state index contributed by atoms with van der Waals surface area (Å²) in [7, 11) is 0. The third-order valence-corrected chi connectivity index (χ3v) is 3.32. The van der Waals surface area contributed by atoms with Gasteiger partial charge in [0.15, 0.2) is 0 Å². The lowest BCUT2D eigenvalue weighted by Crippen LogP contribution is -2.33. The van der Waals surface area contributed by atoms with Crippen LogP contribution < -0.4 is 4.74 Å². The van der Waals surface area contributed by atoms with Crippen molar-refractivity contribution in [1.82, 2.24) is 9.88 Å². The fourth-order valence-corrected chi connectivity index (χ4v) is 2.33. The van der Waals surface area contributed by atoms with E-state index in [2.05, 4.69) is 9.88 Å². The number of carboxylic acids is 1. The molecule has 1 aromatic heterocycles. The van der Waals surface area contributed by atoms with Crippen LogP contribution in [0.4, 0.5) is 0 Å².